The molecule has 1 aromatic carbocycles. The minimum atomic E-state index is 0.0761. The fourth-order valence-electron chi connectivity index (χ4n) is 1.82. The molecule has 0 spiro atoms. The summed E-state index contributed by atoms with van der Waals surface area (Å²) < 4.78 is 0. The first-order chi connectivity index (χ1) is 8.20. The van der Waals surface area contributed by atoms with Crippen LogP contribution in [0, 0.1) is 11.3 Å². The SMILES string of the molecule is N#Cc1ccc(N2CCNC(=O)CC2)cc1Cl. The molecule has 0 unspecified atom stereocenters. The van der Waals surface area contributed by atoms with E-state index in [1.807, 2.05) is 12.1 Å². The molecule has 0 aliphatic carbocycles. The summed E-state index contributed by atoms with van der Waals surface area (Å²) >= 11 is 5.99. The van der Waals surface area contributed by atoms with Crippen molar-refractivity contribution in [2.45, 2.75) is 6.42 Å². The van der Waals surface area contributed by atoms with Gasteiger partial charge in [-0.05, 0) is 18.2 Å². The van der Waals surface area contributed by atoms with Crippen LogP contribution in [0.25, 0.3) is 0 Å². The van der Waals surface area contributed by atoms with Crippen LogP contribution in [0.4, 0.5) is 5.69 Å². The molecule has 0 radical (unpaired) electrons. The lowest BCUT2D eigenvalue weighted by atomic mass is 10.2. The Labute approximate surface area is 105 Å². The van der Waals surface area contributed by atoms with Crippen LogP contribution in [-0.4, -0.2) is 25.5 Å². The number of nitriles is 1. The maximum Gasteiger partial charge on any atom is 0.221 e. The maximum absolute atomic E-state index is 11.2. The van der Waals surface area contributed by atoms with E-state index < -0.39 is 0 Å². The second kappa shape index (κ2) is 5.07. The Balaban J connectivity index is 2.19. The van der Waals surface area contributed by atoms with Crippen LogP contribution in [0.15, 0.2) is 18.2 Å². The van der Waals surface area contributed by atoms with Crippen molar-refractivity contribution < 1.29 is 4.79 Å². The van der Waals surface area contributed by atoms with Crippen LogP contribution < -0.4 is 10.2 Å². The molecule has 1 aliphatic heterocycles. The molecule has 2 rings (SSSR count). The molecule has 0 atom stereocenters. The van der Waals surface area contributed by atoms with Crippen molar-refractivity contribution >= 4 is 23.2 Å². The quantitative estimate of drug-likeness (QED) is 0.821. The molecule has 88 valence electrons. The van der Waals surface area contributed by atoms with Gasteiger partial charge in [-0.2, -0.15) is 5.26 Å². The Morgan fingerprint density at radius 1 is 1.41 bits per heavy atom. The number of anilines is 1. The van der Waals surface area contributed by atoms with Crippen LogP contribution >= 0.6 is 11.6 Å². The van der Waals surface area contributed by atoms with Crippen LogP contribution in [-0.2, 0) is 4.79 Å². The van der Waals surface area contributed by atoms with Gasteiger partial charge in [0.15, 0.2) is 0 Å². The molecule has 0 bridgehead atoms. The standard InChI is InChI=1S/C12H12ClN3O/c13-11-7-10(2-1-9(11)8-14)16-5-3-12(17)15-4-6-16/h1-2,7H,3-6H2,(H,15,17). The minimum Gasteiger partial charge on any atom is -0.369 e. The first-order valence-electron chi connectivity index (χ1n) is 5.42. The second-order valence-electron chi connectivity index (χ2n) is 3.86. The number of amides is 1. The summed E-state index contributed by atoms with van der Waals surface area (Å²) in [6, 6.07) is 7.37. The van der Waals surface area contributed by atoms with E-state index in [-0.39, 0.29) is 5.91 Å². The van der Waals surface area contributed by atoms with Crippen LogP contribution in [0.2, 0.25) is 5.02 Å². The number of rotatable bonds is 1. The van der Waals surface area contributed by atoms with Gasteiger partial charge in [-0.1, -0.05) is 11.6 Å². The van der Waals surface area contributed by atoms with Gasteiger partial charge >= 0.3 is 0 Å². The van der Waals surface area contributed by atoms with Crippen molar-refractivity contribution in [2.24, 2.45) is 0 Å². The van der Waals surface area contributed by atoms with E-state index in [0.717, 1.165) is 12.2 Å². The van der Waals surface area contributed by atoms with Crippen molar-refractivity contribution in [3.8, 4) is 6.07 Å². The average Bonchev–Trinajstić information content (AvgIpc) is 2.54. The highest BCUT2D eigenvalue weighted by Gasteiger charge is 2.14. The fraction of sp³-hybridized carbons (Fsp3) is 0.333. The van der Waals surface area contributed by atoms with Gasteiger partial charge < -0.3 is 10.2 Å². The number of hydrogen-bond acceptors (Lipinski definition) is 3. The third-order valence-electron chi connectivity index (χ3n) is 2.75. The summed E-state index contributed by atoms with van der Waals surface area (Å²) in [5.41, 5.74) is 1.42. The van der Waals surface area contributed by atoms with E-state index >= 15 is 0 Å². The summed E-state index contributed by atoms with van der Waals surface area (Å²) in [7, 11) is 0. The zero-order valence-electron chi connectivity index (χ0n) is 9.24. The van der Waals surface area contributed by atoms with Crippen LogP contribution in [0.3, 0.4) is 0 Å². The molecule has 1 saturated heterocycles. The van der Waals surface area contributed by atoms with Gasteiger partial charge in [0.1, 0.15) is 6.07 Å². The van der Waals surface area contributed by atoms with E-state index in [2.05, 4.69) is 10.2 Å². The normalized spacial score (nSPS) is 16.0. The Morgan fingerprint density at radius 2 is 2.24 bits per heavy atom. The lowest BCUT2D eigenvalue weighted by Gasteiger charge is -2.22. The van der Waals surface area contributed by atoms with E-state index in [1.165, 1.54) is 0 Å². The van der Waals surface area contributed by atoms with Crippen molar-refractivity contribution in [3.63, 3.8) is 0 Å². The van der Waals surface area contributed by atoms with Gasteiger partial charge in [0, 0.05) is 31.7 Å². The average molecular weight is 250 g/mol. The smallest absolute Gasteiger partial charge is 0.221 e. The third kappa shape index (κ3) is 2.69. The summed E-state index contributed by atoms with van der Waals surface area (Å²) in [5, 5.41) is 12.1. The highest BCUT2D eigenvalue weighted by Crippen LogP contribution is 2.23. The number of nitrogens with zero attached hydrogens (tertiary/aromatic N) is 2. The number of halogens is 1. The van der Waals surface area contributed by atoms with Gasteiger partial charge in [0.05, 0.1) is 10.6 Å². The number of hydrogen-bond donors (Lipinski definition) is 1. The highest BCUT2D eigenvalue weighted by atomic mass is 35.5. The minimum absolute atomic E-state index is 0.0761. The lowest BCUT2D eigenvalue weighted by Crippen LogP contribution is -2.28. The van der Waals surface area contributed by atoms with Crippen molar-refractivity contribution in [3.05, 3.63) is 28.8 Å². The topological polar surface area (TPSA) is 56.1 Å². The van der Waals surface area contributed by atoms with Gasteiger partial charge in [-0.15, -0.1) is 0 Å². The Kier molecular flexibility index (Phi) is 3.50. The second-order valence-corrected chi connectivity index (χ2v) is 4.27. The predicted molar refractivity (Wildman–Crippen MR) is 66.0 cm³/mol. The molecule has 1 aromatic rings. The summed E-state index contributed by atoms with van der Waals surface area (Å²) in [6.07, 6.45) is 0.484. The van der Waals surface area contributed by atoms with Gasteiger partial charge in [-0.3, -0.25) is 4.79 Å². The number of carbonyl (C=O) groups excluding carboxylic acids is 1. The molecule has 1 aliphatic rings. The fourth-order valence-corrected chi connectivity index (χ4v) is 2.03. The van der Waals surface area contributed by atoms with Crippen molar-refractivity contribution in [1.82, 2.24) is 5.32 Å². The maximum atomic E-state index is 11.2. The molecular weight excluding hydrogens is 238 g/mol. The monoisotopic (exact) mass is 249 g/mol. The van der Waals surface area contributed by atoms with E-state index in [1.54, 1.807) is 12.1 Å². The van der Waals surface area contributed by atoms with Crippen LogP contribution in [0.1, 0.15) is 12.0 Å². The van der Waals surface area contributed by atoms with E-state index in [0.29, 0.717) is 30.1 Å². The number of carbonyl (C=O) groups is 1. The Bertz CT molecular complexity index is 481. The zero-order chi connectivity index (χ0) is 12.3. The van der Waals surface area contributed by atoms with Crippen LogP contribution in [0.5, 0.6) is 0 Å². The summed E-state index contributed by atoms with van der Waals surface area (Å²) in [4.78, 5) is 13.3. The first-order valence-corrected chi connectivity index (χ1v) is 5.80. The molecule has 1 amide bonds. The molecule has 0 aromatic heterocycles. The van der Waals surface area contributed by atoms with E-state index in [4.69, 9.17) is 16.9 Å². The molecule has 4 nitrogen and oxygen atoms in total. The Morgan fingerprint density at radius 3 is 2.94 bits per heavy atom. The number of benzene rings is 1. The Hall–Kier alpha value is -1.73. The molecule has 17 heavy (non-hydrogen) atoms. The van der Waals surface area contributed by atoms with E-state index in [9.17, 15) is 4.79 Å². The van der Waals surface area contributed by atoms with Gasteiger partial charge in [0.2, 0.25) is 5.91 Å². The van der Waals surface area contributed by atoms with Crippen molar-refractivity contribution in [1.29, 1.82) is 5.26 Å². The first kappa shape index (κ1) is 11.7. The zero-order valence-corrected chi connectivity index (χ0v) is 10.00. The van der Waals surface area contributed by atoms with Crippen molar-refractivity contribution in [2.75, 3.05) is 24.5 Å². The molecule has 1 N–H and O–H groups in total. The molecule has 1 heterocycles. The summed E-state index contributed by atoms with van der Waals surface area (Å²) in [6.45, 7) is 2.07. The number of nitrogens with one attached hydrogen (secondary N) is 1. The molecule has 0 saturated carbocycles. The lowest BCUT2D eigenvalue weighted by molar-refractivity contribution is -0.120. The molecule has 1 fully saturated rings. The molecular formula is C12H12ClN3O. The molecule has 5 heteroatoms. The van der Waals surface area contributed by atoms with Gasteiger partial charge in [0.25, 0.3) is 0 Å². The van der Waals surface area contributed by atoms with Gasteiger partial charge in [-0.25, -0.2) is 0 Å². The summed E-state index contributed by atoms with van der Waals surface area (Å²) in [5.74, 6) is 0.0761. The highest BCUT2D eigenvalue weighted by molar-refractivity contribution is 6.32. The predicted octanol–water partition coefficient (Wildman–Crippen LogP) is 1.54. The third-order valence-corrected chi connectivity index (χ3v) is 3.06. The largest absolute Gasteiger partial charge is 0.369 e.